The molecule has 6 aromatic carbocycles. The highest BCUT2D eigenvalue weighted by atomic mass is 16.3. The molecule has 0 spiro atoms. The van der Waals surface area contributed by atoms with Crippen molar-refractivity contribution in [1.82, 2.24) is 0 Å². The molecule has 0 fully saturated rings. The molecule has 1 unspecified atom stereocenters. The quantitative estimate of drug-likeness (QED) is 0.0315. The van der Waals surface area contributed by atoms with Gasteiger partial charge in [0.15, 0.2) is 0 Å². The van der Waals surface area contributed by atoms with E-state index in [-0.39, 0.29) is 28.4 Å². The Kier molecular flexibility index (Phi) is 16.5. The Morgan fingerprint density at radius 1 is 0.485 bits per heavy atom. The summed E-state index contributed by atoms with van der Waals surface area (Å²) in [5, 5.41) is 66.3. The van der Waals surface area contributed by atoms with Crippen molar-refractivity contribution >= 4 is 60.0 Å². The van der Waals surface area contributed by atoms with E-state index in [9.17, 15) is 25.8 Å². The van der Waals surface area contributed by atoms with Gasteiger partial charge in [-0.3, -0.25) is 0 Å². The minimum Gasteiger partial charge on any atom is -0.511 e. The van der Waals surface area contributed by atoms with Crippen LogP contribution in [0.3, 0.4) is 0 Å². The van der Waals surface area contributed by atoms with Gasteiger partial charge in [0.2, 0.25) is 0 Å². The van der Waals surface area contributed by atoms with Crippen LogP contribution >= 0.6 is 0 Å². The van der Waals surface area contributed by atoms with Crippen molar-refractivity contribution in [2.24, 2.45) is 0 Å². The second-order valence-corrected chi connectivity index (χ2v) is 18.5. The van der Waals surface area contributed by atoms with Gasteiger partial charge in [-0.25, -0.2) is 0 Å². The van der Waals surface area contributed by atoms with Gasteiger partial charge in [0.25, 0.3) is 0 Å². The molecule has 1 atom stereocenters. The molecule has 0 bridgehead atoms. The molecule has 6 aromatic rings. The summed E-state index contributed by atoms with van der Waals surface area (Å²) in [6.07, 6.45) is 17.9. The Bertz CT molecular complexity index is 2770. The molecule has 0 heterocycles. The second kappa shape index (κ2) is 22.8. The van der Waals surface area contributed by atoms with Crippen molar-refractivity contribution in [2.45, 2.75) is 136 Å². The summed E-state index contributed by atoms with van der Waals surface area (Å²) in [7, 11) is 0. The van der Waals surface area contributed by atoms with Crippen LogP contribution in [0.25, 0.3) is 48.7 Å². The third-order valence-corrected chi connectivity index (χ3v) is 13.9. The maximum atomic E-state index is 12.7. The van der Waals surface area contributed by atoms with Crippen LogP contribution in [0.5, 0.6) is 11.5 Å². The molecule has 1 aliphatic rings. The van der Waals surface area contributed by atoms with E-state index in [4.69, 9.17) is 0 Å². The van der Waals surface area contributed by atoms with E-state index in [1.807, 2.05) is 42.5 Å². The molecule has 0 saturated heterocycles. The zero-order chi connectivity index (χ0) is 46.6. The van der Waals surface area contributed by atoms with E-state index in [0.29, 0.717) is 16.7 Å². The molecule has 0 amide bonds. The van der Waals surface area contributed by atoms with Crippen LogP contribution in [0.1, 0.15) is 147 Å². The number of nitrogens with zero attached hydrogens (tertiary/aromatic N) is 4. The SMILES string of the molecule is CCCCCCN(CCCCCC)c1cc(O)c(C2=C(O)C(c3c(O)cc(N(CCCCCC)CCCCCC)c4cc5ccccc5cc34)C2=C(C#N)C#N)c2cc3ccccc3cc12. The van der Waals surface area contributed by atoms with Gasteiger partial charge in [-0.15, -0.1) is 0 Å². The van der Waals surface area contributed by atoms with Crippen LogP contribution in [0.4, 0.5) is 11.4 Å². The lowest BCUT2D eigenvalue weighted by atomic mass is 9.67. The summed E-state index contributed by atoms with van der Waals surface area (Å²) in [6, 6.07) is 32.9. The van der Waals surface area contributed by atoms with E-state index in [1.165, 1.54) is 25.7 Å². The number of hydrogen-bond acceptors (Lipinski definition) is 7. The van der Waals surface area contributed by atoms with Gasteiger partial charge in [-0.2, -0.15) is 10.5 Å². The molecule has 0 aromatic heterocycles. The highest BCUT2D eigenvalue weighted by molar-refractivity contribution is 6.14. The average molecular weight is 883 g/mol. The third kappa shape index (κ3) is 10.1. The molecule has 66 heavy (non-hydrogen) atoms. The second-order valence-electron chi connectivity index (χ2n) is 18.5. The minimum absolute atomic E-state index is 0.000404. The van der Waals surface area contributed by atoms with Crippen LogP contribution < -0.4 is 9.80 Å². The number of anilines is 2. The third-order valence-electron chi connectivity index (χ3n) is 13.9. The van der Waals surface area contributed by atoms with E-state index >= 15 is 0 Å². The Morgan fingerprint density at radius 3 is 1.27 bits per heavy atom. The van der Waals surface area contributed by atoms with E-state index < -0.39 is 5.92 Å². The van der Waals surface area contributed by atoms with Crippen molar-refractivity contribution in [3.63, 3.8) is 0 Å². The fraction of sp³-hybridized carbons (Fsp3) is 0.424. The number of unbranched alkanes of at least 4 members (excludes halogenated alkanes) is 12. The standard InChI is InChI=1S/C59H70N4O3/c1-5-9-13-21-29-62(30-22-14-10-6-2)50-37-52(64)55(48-35-43-27-19-17-25-41(43)33-46(48)50)57-54(45(39-60)40-61)58(59(57)66)56-49-36-44-28-20-18-26-42(44)34-47(49)51(38-53(56)65)63(31-23-15-11-7-3)32-24-16-12-8-4/h17-20,25-28,33-38,57,64-66H,5-16,21-24,29-32H2,1-4H3. The number of phenols is 2. The van der Waals surface area contributed by atoms with Crippen molar-refractivity contribution in [2.75, 3.05) is 36.0 Å². The maximum Gasteiger partial charge on any atom is 0.134 e. The van der Waals surface area contributed by atoms with E-state index in [2.05, 4.69) is 92.1 Å². The molecule has 3 N–H and O–H groups in total. The maximum absolute atomic E-state index is 12.7. The zero-order valence-electron chi connectivity index (χ0n) is 39.9. The normalized spacial score (nSPS) is 13.7. The summed E-state index contributed by atoms with van der Waals surface area (Å²) in [5.41, 5.74) is 3.13. The number of fused-ring (bicyclic) bond motifs is 4. The van der Waals surface area contributed by atoms with Crippen molar-refractivity contribution < 1.29 is 15.3 Å². The van der Waals surface area contributed by atoms with Crippen molar-refractivity contribution in [3.05, 3.63) is 113 Å². The lowest BCUT2D eigenvalue weighted by molar-refractivity contribution is 0.364. The first-order valence-corrected chi connectivity index (χ1v) is 25.1. The number of benzene rings is 6. The zero-order valence-corrected chi connectivity index (χ0v) is 39.9. The molecular formula is C59H70N4O3. The van der Waals surface area contributed by atoms with E-state index in [0.717, 1.165) is 158 Å². The fourth-order valence-electron chi connectivity index (χ4n) is 10.3. The van der Waals surface area contributed by atoms with Gasteiger partial charge in [0.1, 0.15) is 35.0 Å². The van der Waals surface area contributed by atoms with Crippen LogP contribution in [0, 0.1) is 22.7 Å². The summed E-state index contributed by atoms with van der Waals surface area (Å²) >= 11 is 0. The highest BCUT2D eigenvalue weighted by Crippen LogP contribution is 2.59. The van der Waals surface area contributed by atoms with E-state index in [1.54, 1.807) is 0 Å². The molecule has 7 heteroatoms. The van der Waals surface area contributed by atoms with Crippen LogP contribution in [-0.4, -0.2) is 41.5 Å². The Hall–Kier alpha value is -6.18. The Morgan fingerprint density at radius 2 is 0.864 bits per heavy atom. The summed E-state index contributed by atoms with van der Waals surface area (Å²) in [6.45, 7) is 12.3. The number of aromatic hydroxyl groups is 2. The summed E-state index contributed by atoms with van der Waals surface area (Å²) in [5.74, 6) is -1.10. The van der Waals surface area contributed by atoms with Gasteiger partial charge in [-0.1, -0.05) is 153 Å². The number of aliphatic hydroxyl groups is 1. The number of phenolic OH excluding ortho intramolecular Hbond substituents is 2. The number of aliphatic hydroxyl groups excluding tert-OH is 1. The number of hydrogen-bond donors (Lipinski definition) is 3. The molecule has 0 radical (unpaired) electrons. The Balaban J connectivity index is 1.45. The molecule has 7 nitrogen and oxygen atoms in total. The first-order valence-electron chi connectivity index (χ1n) is 25.1. The average Bonchev–Trinajstić information content (AvgIpc) is 3.33. The first kappa shape index (κ1) is 47.8. The fourth-order valence-corrected chi connectivity index (χ4v) is 10.3. The van der Waals surface area contributed by atoms with Crippen molar-refractivity contribution in [3.8, 4) is 23.6 Å². The smallest absolute Gasteiger partial charge is 0.134 e. The molecule has 344 valence electrons. The van der Waals surface area contributed by atoms with Crippen LogP contribution in [0.15, 0.2) is 102 Å². The monoisotopic (exact) mass is 883 g/mol. The topological polar surface area (TPSA) is 115 Å². The summed E-state index contributed by atoms with van der Waals surface area (Å²) in [4.78, 5) is 4.84. The largest absolute Gasteiger partial charge is 0.511 e. The molecular weight excluding hydrogens is 813 g/mol. The van der Waals surface area contributed by atoms with Gasteiger partial charge in [0, 0.05) is 82.7 Å². The minimum atomic E-state index is -0.988. The first-order chi connectivity index (χ1) is 32.3. The predicted molar refractivity (Wildman–Crippen MR) is 278 cm³/mol. The summed E-state index contributed by atoms with van der Waals surface area (Å²) < 4.78 is 0. The Labute approximate surface area is 393 Å². The van der Waals surface area contributed by atoms with Crippen LogP contribution in [-0.2, 0) is 0 Å². The molecule has 1 aliphatic carbocycles. The lowest BCUT2D eigenvalue weighted by Crippen LogP contribution is -2.27. The van der Waals surface area contributed by atoms with Crippen molar-refractivity contribution in [1.29, 1.82) is 10.5 Å². The lowest BCUT2D eigenvalue weighted by Gasteiger charge is -2.37. The van der Waals surface area contributed by atoms with Crippen LogP contribution in [0.2, 0.25) is 0 Å². The van der Waals surface area contributed by atoms with Gasteiger partial charge in [0.05, 0.1) is 5.92 Å². The van der Waals surface area contributed by atoms with Gasteiger partial charge in [-0.05, 0) is 82.3 Å². The molecule has 7 rings (SSSR count). The predicted octanol–water partition coefficient (Wildman–Crippen LogP) is 16.1. The number of nitriles is 2. The van der Waals surface area contributed by atoms with Gasteiger partial charge < -0.3 is 25.1 Å². The molecule has 0 saturated carbocycles. The number of rotatable bonds is 24. The van der Waals surface area contributed by atoms with Gasteiger partial charge >= 0.3 is 0 Å². The molecule has 0 aliphatic heterocycles. The highest BCUT2D eigenvalue weighted by Gasteiger charge is 2.44. The number of allylic oxidation sites excluding steroid dienone is 3.